The molecule has 0 saturated carbocycles. The fraction of sp³-hybridized carbons (Fsp3) is 0.450. The van der Waals surface area contributed by atoms with E-state index in [1.165, 1.54) is 5.56 Å². The zero-order chi connectivity index (χ0) is 18.3. The van der Waals surface area contributed by atoms with E-state index in [4.69, 9.17) is 5.73 Å². The maximum Gasteiger partial charge on any atom is 0.321 e. The van der Waals surface area contributed by atoms with Gasteiger partial charge < -0.3 is 16.0 Å². The third-order valence-corrected chi connectivity index (χ3v) is 5.60. The van der Waals surface area contributed by atoms with Gasteiger partial charge in [-0.15, -0.1) is 0 Å². The molecule has 0 bridgehead atoms. The number of anilines is 2. The van der Waals surface area contributed by atoms with Gasteiger partial charge in [0.2, 0.25) is 5.95 Å². The zero-order valence-corrected chi connectivity index (χ0v) is 15.4. The number of carbonyl (C=O) groups is 1. The molecule has 1 fully saturated rings. The summed E-state index contributed by atoms with van der Waals surface area (Å²) >= 11 is 0. The summed E-state index contributed by atoms with van der Waals surface area (Å²) in [7, 11) is 0. The average Bonchev–Trinajstić information content (AvgIpc) is 2.91. The van der Waals surface area contributed by atoms with Crippen molar-refractivity contribution in [1.82, 2.24) is 14.9 Å². The maximum atomic E-state index is 12.9. The summed E-state index contributed by atoms with van der Waals surface area (Å²) in [4.78, 5) is 23.5. The monoisotopic (exact) mass is 351 g/mol. The van der Waals surface area contributed by atoms with Crippen molar-refractivity contribution in [3.8, 4) is 0 Å². The Morgan fingerprint density at radius 3 is 2.77 bits per heavy atom. The van der Waals surface area contributed by atoms with Crippen LogP contribution in [0.1, 0.15) is 41.6 Å². The number of fused-ring (bicyclic) bond motifs is 2. The Labute approximate surface area is 153 Å². The molecule has 1 aromatic carbocycles. The average molecular weight is 351 g/mol. The molecule has 2 aliphatic rings. The van der Waals surface area contributed by atoms with Crippen LogP contribution in [0.2, 0.25) is 0 Å². The Morgan fingerprint density at radius 1 is 1.23 bits per heavy atom. The minimum Gasteiger partial charge on any atom is -0.368 e. The number of amides is 2. The first-order valence-corrected chi connectivity index (χ1v) is 9.21. The number of benzene rings is 1. The first-order valence-electron chi connectivity index (χ1n) is 9.21. The summed E-state index contributed by atoms with van der Waals surface area (Å²) in [6.45, 7) is 5.54. The molecule has 4 rings (SSSR count). The lowest BCUT2D eigenvalue weighted by Crippen LogP contribution is -2.49. The summed E-state index contributed by atoms with van der Waals surface area (Å²) in [5.41, 5.74) is 11.1. The molecule has 6 nitrogen and oxygen atoms in total. The highest BCUT2D eigenvalue weighted by atomic mass is 16.2. The molecule has 1 aliphatic heterocycles. The largest absolute Gasteiger partial charge is 0.368 e. The van der Waals surface area contributed by atoms with Crippen LogP contribution in [0.5, 0.6) is 0 Å². The van der Waals surface area contributed by atoms with Gasteiger partial charge in [0, 0.05) is 30.4 Å². The van der Waals surface area contributed by atoms with Gasteiger partial charge in [-0.1, -0.05) is 6.07 Å². The molecule has 0 radical (unpaired) electrons. The van der Waals surface area contributed by atoms with Gasteiger partial charge >= 0.3 is 6.03 Å². The molecule has 3 N–H and O–H groups in total. The third kappa shape index (κ3) is 3.00. The quantitative estimate of drug-likeness (QED) is 0.826. The van der Waals surface area contributed by atoms with Crippen LogP contribution < -0.4 is 11.1 Å². The molecule has 26 heavy (non-hydrogen) atoms. The van der Waals surface area contributed by atoms with Gasteiger partial charge in [0.05, 0.1) is 5.69 Å². The van der Waals surface area contributed by atoms with E-state index >= 15 is 0 Å². The highest BCUT2D eigenvalue weighted by molar-refractivity contribution is 5.89. The van der Waals surface area contributed by atoms with Gasteiger partial charge in [-0.2, -0.15) is 0 Å². The lowest BCUT2D eigenvalue weighted by molar-refractivity contribution is 0.157. The number of carbonyl (C=O) groups excluding carboxylic acids is 1. The predicted octanol–water partition coefficient (Wildman–Crippen LogP) is 3.19. The molecule has 1 unspecified atom stereocenters. The second-order valence-corrected chi connectivity index (χ2v) is 7.71. The molecule has 2 aromatic rings. The van der Waals surface area contributed by atoms with E-state index < -0.39 is 0 Å². The van der Waals surface area contributed by atoms with Crippen LogP contribution in [-0.4, -0.2) is 34.0 Å². The van der Waals surface area contributed by atoms with Crippen molar-refractivity contribution in [1.29, 1.82) is 0 Å². The minimum absolute atomic E-state index is 0.0375. The number of nitrogen functional groups attached to an aromatic ring is 1. The topological polar surface area (TPSA) is 84.1 Å². The molecular formula is C20H25N5O. The number of nitrogens with one attached hydrogen (secondary N) is 1. The van der Waals surface area contributed by atoms with Crippen molar-refractivity contribution in [3.63, 3.8) is 0 Å². The van der Waals surface area contributed by atoms with E-state index in [9.17, 15) is 4.79 Å². The van der Waals surface area contributed by atoms with Gasteiger partial charge in [-0.3, -0.25) is 0 Å². The van der Waals surface area contributed by atoms with Crippen LogP contribution in [0, 0.1) is 13.8 Å². The summed E-state index contributed by atoms with van der Waals surface area (Å²) in [5.74, 6) is 0.321. The third-order valence-electron chi connectivity index (χ3n) is 5.60. The number of nitrogens with two attached hydrogens (primary N) is 1. The Balaban J connectivity index is 1.54. The van der Waals surface area contributed by atoms with E-state index in [1.54, 1.807) is 0 Å². The second-order valence-electron chi connectivity index (χ2n) is 7.71. The van der Waals surface area contributed by atoms with E-state index in [-0.39, 0.29) is 11.4 Å². The van der Waals surface area contributed by atoms with Crippen molar-refractivity contribution in [3.05, 3.63) is 46.8 Å². The van der Waals surface area contributed by atoms with Crippen LogP contribution in [0.3, 0.4) is 0 Å². The summed E-state index contributed by atoms with van der Waals surface area (Å²) < 4.78 is 0. The first kappa shape index (κ1) is 16.8. The Kier molecular flexibility index (Phi) is 4.05. The summed E-state index contributed by atoms with van der Waals surface area (Å²) in [6.07, 6.45) is 5.84. The molecule has 1 aromatic heterocycles. The predicted molar refractivity (Wildman–Crippen MR) is 102 cm³/mol. The molecular weight excluding hydrogens is 326 g/mol. The van der Waals surface area contributed by atoms with Crippen molar-refractivity contribution in [2.24, 2.45) is 0 Å². The van der Waals surface area contributed by atoms with Crippen LogP contribution in [0.4, 0.5) is 16.4 Å². The van der Waals surface area contributed by atoms with Crippen molar-refractivity contribution < 1.29 is 4.79 Å². The number of likely N-dealkylation sites (tertiary alicyclic amines) is 1. The van der Waals surface area contributed by atoms with Crippen LogP contribution >= 0.6 is 0 Å². The van der Waals surface area contributed by atoms with Crippen molar-refractivity contribution >= 4 is 17.7 Å². The van der Waals surface area contributed by atoms with Crippen molar-refractivity contribution in [2.45, 2.75) is 44.9 Å². The van der Waals surface area contributed by atoms with E-state index in [0.717, 1.165) is 54.7 Å². The number of urea groups is 1. The fourth-order valence-corrected chi connectivity index (χ4v) is 4.51. The minimum atomic E-state index is -0.0789. The van der Waals surface area contributed by atoms with Gasteiger partial charge in [0.25, 0.3) is 0 Å². The Morgan fingerprint density at radius 2 is 2.00 bits per heavy atom. The number of rotatable bonds is 1. The van der Waals surface area contributed by atoms with E-state index in [2.05, 4.69) is 21.4 Å². The van der Waals surface area contributed by atoms with Gasteiger partial charge in [-0.05, 0) is 68.4 Å². The second kappa shape index (κ2) is 6.27. The van der Waals surface area contributed by atoms with Gasteiger partial charge in [0.1, 0.15) is 0 Å². The number of aromatic nitrogens is 2. The number of hydrogen-bond acceptors (Lipinski definition) is 4. The molecule has 6 heteroatoms. The molecule has 2 heterocycles. The number of nitrogens with zero attached hydrogens (tertiary/aromatic N) is 3. The summed E-state index contributed by atoms with van der Waals surface area (Å²) in [5, 5.41) is 3.06. The number of hydrogen-bond donors (Lipinski definition) is 2. The van der Waals surface area contributed by atoms with Crippen LogP contribution in [-0.2, 0) is 11.8 Å². The Bertz CT molecular complexity index is 841. The molecule has 1 saturated heterocycles. The number of piperidine rings is 1. The highest BCUT2D eigenvalue weighted by Crippen LogP contribution is 2.44. The number of aryl methyl sites for hydroxylation is 3. The fourth-order valence-electron chi connectivity index (χ4n) is 4.51. The molecule has 1 atom stereocenters. The lowest BCUT2D eigenvalue weighted by Gasteiger charge is -2.40. The van der Waals surface area contributed by atoms with Gasteiger partial charge in [-0.25, -0.2) is 14.8 Å². The van der Waals surface area contributed by atoms with Crippen molar-refractivity contribution in [2.75, 3.05) is 24.1 Å². The van der Waals surface area contributed by atoms with Gasteiger partial charge in [0.15, 0.2) is 0 Å². The molecule has 1 spiro atoms. The lowest BCUT2D eigenvalue weighted by atomic mass is 9.77. The maximum absolute atomic E-state index is 12.9. The first-order chi connectivity index (χ1) is 12.4. The normalized spacial score (nSPS) is 21.7. The standard InChI is InChI=1S/C20H25N5O/c1-13-8-14(2)10-16(9-13)23-19(26)25-7-3-5-20(12-25)6-4-15-11-22-18(21)24-17(15)20/h8-11H,3-7,12H2,1-2H3,(H,23,26)(H2,21,22,24). The highest BCUT2D eigenvalue weighted by Gasteiger charge is 2.44. The van der Waals surface area contributed by atoms with Crippen LogP contribution in [0.25, 0.3) is 0 Å². The summed E-state index contributed by atoms with van der Waals surface area (Å²) in [6, 6.07) is 6.07. The molecule has 136 valence electrons. The molecule has 1 aliphatic carbocycles. The molecule has 2 amide bonds. The Hall–Kier alpha value is -2.63. The van der Waals surface area contributed by atoms with E-state index in [1.807, 2.05) is 37.1 Å². The van der Waals surface area contributed by atoms with Crippen LogP contribution in [0.15, 0.2) is 24.4 Å². The smallest absolute Gasteiger partial charge is 0.321 e. The van der Waals surface area contributed by atoms with E-state index in [0.29, 0.717) is 12.5 Å². The SMILES string of the molecule is Cc1cc(C)cc(NC(=O)N2CCCC3(CCc4cnc(N)nc43)C2)c1. The zero-order valence-electron chi connectivity index (χ0n) is 15.4.